The number of carbonyl (C=O) groups is 1. The number of morpholine rings is 1. The second-order valence-electron chi connectivity index (χ2n) is 6.46. The molecule has 1 fully saturated rings. The van der Waals surface area contributed by atoms with Gasteiger partial charge in [0.15, 0.2) is 0 Å². The highest BCUT2D eigenvalue weighted by molar-refractivity contribution is 6.35. The summed E-state index contributed by atoms with van der Waals surface area (Å²) in [5.74, 6) is -0.689. The van der Waals surface area contributed by atoms with Crippen LogP contribution in [0.1, 0.15) is 10.4 Å². The molecule has 1 aliphatic heterocycles. The number of halogens is 3. The van der Waals surface area contributed by atoms with E-state index in [0.29, 0.717) is 58.9 Å². The van der Waals surface area contributed by atoms with Crippen LogP contribution >= 0.6 is 23.2 Å². The maximum absolute atomic E-state index is 13.5. The standard InChI is InChI=1S/C20H17Cl2FN4O2/c21-14-3-6-18(17(22)11-14)27-19(13-1-4-15(23)5-2-13)16(12-24-27)20(28)25-26-7-9-29-10-8-26/h1-6,11-12H,7-10H2,(H,25,28). The highest BCUT2D eigenvalue weighted by Gasteiger charge is 2.23. The van der Waals surface area contributed by atoms with Gasteiger partial charge in [-0.3, -0.25) is 10.2 Å². The summed E-state index contributed by atoms with van der Waals surface area (Å²) >= 11 is 12.4. The molecule has 2 heterocycles. The first kappa shape index (κ1) is 19.8. The highest BCUT2D eigenvalue weighted by Crippen LogP contribution is 2.31. The van der Waals surface area contributed by atoms with E-state index in [-0.39, 0.29) is 11.7 Å². The third-order valence-corrected chi connectivity index (χ3v) is 5.08. The number of hydrazine groups is 1. The maximum Gasteiger partial charge on any atom is 0.269 e. The zero-order chi connectivity index (χ0) is 20.4. The molecule has 4 rings (SSSR count). The van der Waals surface area contributed by atoms with E-state index in [9.17, 15) is 9.18 Å². The molecule has 29 heavy (non-hydrogen) atoms. The van der Waals surface area contributed by atoms with Crippen molar-refractivity contribution in [3.63, 3.8) is 0 Å². The van der Waals surface area contributed by atoms with Crippen LogP contribution in [0.15, 0.2) is 48.7 Å². The van der Waals surface area contributed by atoms with Gasteiger partial charge in [0.25, 0.3) is 5.91 Å². The van der Waals surface area contributed by atoms with Gasteiger partial charge in [0.1, 0.15) is 5.82 Å². The maximum atomic E-state index is 13.5. The summed E-state index contributed by atoms with van der Waals surface area (Å²) in [7, 11) is 0. The van der Waals surface area contributed by atoms with Gasteiger partial charge in [-0.05, 0) is 42.5 Å². The fourth-order valence-electron chi connectivity index (χ4n) is 3.11. The molecule has 1 aliphatic rings. The van der Waals surface area contributed by atoms with E-state index in [4.69, 9.17) is 27.9 Å². The summed E-state index contributed by atoms with van der Waals surface area (Å²) in [5, 5.41) is 7.04. The van der Waals surface area contributed by atoms with Gasteiger partial charge in [0.05, 0.1) is 41.4 Å². The first-order valence-electron chi connectivity index (χ1n) is 8.96. The lowest BCUT2D eigenvalue weighted by atomic mass is 10.1. The lowest BCUT2D eigenvalue weighted by Gasteiger charge is -2.26. The van der Waals surface area contributed by atoms with E-state index in [1.807, 2.05) is 0 Å². The zero-order valence-corrected chi connectivity index (χ0v) is 16.8. The van der Waals surface area contributed by atoms with Crippen LogP contribution in [0.5, 0.6) is 0 Å². The quantitative estimate of drug-likeness (QED) is 0.674. The lowest BCUT2D eigenvalue weighted by Crippen LogP contribution is -2.48. The SMILES string of the molecule is O=C(NN1CCOCC1)c1cnn(-c2ccc(Cl)cc2Cl)c1-c1ccc(F)cc1. The number of ether oxygens (including phenoxy) is 1. The van der Waals surface area contributed by atoms with Gasteiger partial charge in [0.2, 0.25) is 0 Å². The van der Waals surface area contributed by atoms with E-state index in [1.54, 1.807) is 40.0 Å². The van der Waals surface area contributed by atoms with Crippen LogP contribution in [0.4, 0.5) is 4.39 Å². The molecule has 0 unspecified atom stereocenters. The van der Waals surface area contributed by atoms with Crippen LogP contribution in [0.25, 0.3) is 16.9 Å². The Kier molecular flexibility index (Phi) is 5.82. The molecule has 1 amide bonds. The molecule has 0 radical (unpaired) electrons. The van der Waals surface area contributed by atoms with Crippen molar-refractivity contribution in [3.8, 4) is 16.9 Å². The molecule has 3 aromatic rings. The molecule has 0 bridgehead atoms. The van der Waals surface area contributed by atoms with Crippen molar-refractivity contribution in [1.82, 2.24) is 20.2 Å². The van der Waals surface area contributed by atoms with Crippen molar-refractivity contribution in [3.05, 3.63) is 70.1 Å². The Morgan fingerprint density at radius 2 is 1.83 bits per heavy atom. The number of nitrogens with one attached hydrogen (secondary N) is 1. The largest absolute Gasteiger partial charge is 0.379 e. The first-order chi connectivity index (χ1) is 14.0. The molecule has 2 aromatic carbocycles. The van der Waals surface area contributed by atoms with Crippen LogP contribution in [-0.4, -0.2) is 47.0 Å². The molecule has 150 valence electrons. The van der Waals surface area contributed by atoms with Crippen LogP contribution in [-0.2, 0) is 4.74 Å². The number of nitrogens with zero attached hydrogens (tertiary/aromatic N) is 3. The Balaban J connectivity index is 1.78. The fraction of sp³-hybridized carbons (Fsp3) is 0.200. The van der Waals surface area contributed by atoms with Crippen molar-refractivity contribution in [2.24, 2.45) is 0 Å². The molecule has 1 N–H and O–H groups in total. The minimum absolute atomic E-state index is 0.317. The number of hydrogen-bond acceptors (Lipinski definition) is 4. The second-order valence-corrected chi connectivity index (χ2v) is 7.31. The summed E-state index contributed by atoms with van der Waals surface area (Å²) in [4.78, 5) is 13.0. The molecule has 9 heteroatoms. The Hall–Kier alpha value is -2.45. The average Bonchev–Trinajstić information content (AvgIpc) is 3.14. The van der Waals surface area contributed by atoms with Crippen molar-refractivity contribution in [2.45, 2.75) is 0 Å². The Morgan fingerprint density at radius 3 is 2.52 bits per heavy atom. The van der Waals surface area contributed by atoms with Crippen molar-refractivity contribution < 1.29 is 13.9 Å². The Morgan fingerprint density at radius 1 is 1.10 bits per heavy atom. The average molecular weight is 435 g/mol. The van der Waals surface area contributed by atoms with Crippen molar-refractivity contribution in [2.75, 3.05) is 26.3 Å². The van der Waals surface area contributed by atoms with Crippen LogP contribution in [0, 0.1) is 5.82 Å². The number of carbonyl (C=O) groups excluding carboxylic acids is 1. The fourth-order valence-corrected chi connectivity index (χ4v) is 3.60. The summed E-state index contributed by atoms with van der Waals surface area (Å²) < 4.78 is 20.3. The van der Waals surface area contributed by atoms with Crippen molar-refractivity contribution in [1.29, 1.82) is 0 Å². The number of rotatable bonds is 4. The molecule has 6 nitrogen and oxygen atoms in total. The number of amides is 1. The molecule has 1 aromatic heterocycles. The van der Waals surface area contributed by atoms with E-state index >= 15 is 0 Å². The van der Waals surface area contributed by atoms with Gasteiger partial charge >= 0.3 is 0 Å². The smallest absolute Gasteiger partial charge is 0.269 e. The third kappa shape index (κ3) is 4.28. The normalized spacial score (nSPS) is 14.7. The predicted molar refractivity (Wildman–Crippen MR) is 109 cm³/mol. The van der Waals surface area contributed by atoms with Crippen LogP contribution < -0.4 is 5.43 Å². The topological polar surface area (TPSA) is 59.4 Å². The van der Waals surface area contributed by atoms with Gasteiger partial charge in [-0.25, -0.2) is 14.1 Å². The molecule has 1 saturated heterocycles. The van der Waals surface area contributed by atoms with E-state index < -0.39 is 0 Å². The summed E-state index contributed by atoms with van der Waals surface area (Å²) in [6, 6.07) is 10.9. The Bertz CT molecular complexity index is 1030. The molecule has 0 atom stereocenters. The summed E-state index contributed by atoms with van der Waals surface area (Å²) in [5.41, 5.74) is 4.90. The van der Waals surface area contributed by atoms with Crippen molar-refractivity contribution >= 4 is 29.1 Å². The van der Waals surface area contributed by atoms with E-state index in [2.05, 4.69) is 10.5 Å². The first-order valence-corrected chi connectivity index (χ1v) is 9.71. The van der Waals surface area contributed by atoms with E-state index in [0.717, 1.165) is 0 Å². The van der Waals surface area contributed by atoms with Crippen LogP contribution in [0.2, 0.25) is 10.0 Å². The monoisotopic (exact) mass is 434 g/mol. The predicted octanol–water partition coefficient (Wildman–Crippen LogP) is 3.96. The summed E-state index contributed by atoms with van der Waals surface area (Å²) in [6.07, 6.45) is 1.47. The molecule has 0 saturated carbocycles. The second kappa shape index (κ2) is 8.51. The number of aromatic nitrogens is 2. The number of hydrogen-bond donors (Lipinski definition) is 1. The van der Waals surface area contributed by atoms with Gasteiger partial charge in [-0.15, -0.1) is 0 Å². The summed E-state index contributed by atoms with van der Waals surface area (Å²) in [6.45, 7) is 2.28. The molecular weight excluding hydrogens is 418 g/mol. The van der Waals surface area contributed by atoms with Gasteiger partial charge in [-0.1, -0.05) is 23.2 Å². The van der Waals surface area contributed by atoms with E-state index in [1.165, 1.54) is 18.3 Å². The lowest BCUT2D eigenvalue weighted by molar-refractivity contribution is 0.0126. The highest BCUT2D eigenvalue weighted by atomic mass is 35.5. The molecule has 0 spiro atoms. The molecular formula is C20H17Cl2FN4O2. The minimum Gasteiger partial charge on any atom is -0.379 e. The zero-order valence-electron chi connectivity index (χ0n) is 15.2. The van der Waals surface area contributed by atoms with Crippen LogP contribution in [0.3, 0.4) is 0 Å². The van der Waals surface area contributed by atoms with Gasteiger partial charge in [-0.2, -0.15) is 5.10 Å². The molecule has 0 aliphatic carbocycles. The minimum atomic E-state index is -0.372. The van der Waals surface area contributed by atoms with Gasteiger partial charge in [0, 0.05) is 23.7 Å². The number of benzene rings is 2. The Labute approximate surface area is 176 Å². The third-order valence-electron chi connectivity index (χ3n) is 4.54. The van der Waals surface area contributed by atoms with Gasteiger partial charge < -0.3 is 4.74 Å².